The van der Waals surface area contributed by atoms with Gasteiger partial charge in [0, 0.05) is 0 Å². The molecular weight excluding hydrogens is 467 g/mol. The summed E-state index contributed by atoms with van der Waals surface area (Å²) in [5.74, 6) is 18.0. The number of benzene rings is 3. The van der Waals surface area contributed by atoms with E-state index in [1.165, 1.54) is 0 Å². The van der Waals surface area contributed by atoms with Crippen LogP contribution in [0.4, 0.5) is 17.1 Å². The average molecular weight is 494 g/mol. The molecule has 0 aromatic heterocycles. The van der Waals surface area contributed by atoms with E-state index in [0.717, 1.165) is 32.2 Å². The molecule has 0 atom stereocenters. The van der Waals surface area contributed by atoms with Crippen molar-refractivity contribution in [1.29, 1.82) is 0 Å². The molecule has 35 heavy (non-hydrogen) atoms. The molecule has 0 amide bonds. The van der Waals surface area contributed by atoms with Crippen LogP contribution < -0.4 is 33.0 Å². The lowest BCUT2D eigenvalue weighted by molar-refractivity contribution is 0.0860. The lowest BCUT2D eigenvalue weighted by Gasteiger charge is -2.29. The Morgan fingerprint density at radius 3 is 0.971 bits per heavy atom. The van der Waals surface area contributed by atoms with E-state index in [-0.39, 0.29) is 0 Å². The largest absolute Gasteiger partial charge is 0.543 e. The van der Waals surface area contributed by atoms with Crippen molar-refractivity contribution in [2.24, 2.45) is 17.5 Å². The molecule has 0 bridgehead atoms. The first-order valence-corrected chi connectivity index (χ1v) is 11.7. The summed E-state index contributed by atoms with van der Waals surface area (Å²) in [7, 11) is -4.60. The van der Waals surface area contributed by atoms with E-state index in [0.29, 0.717) is 17.1 Å². The highest BCUT2D eigenvalue weighted by molar-refractivity contribution is 7.48. The van der Waals surface area contributed by atoms with E-state index >= 15 is 0 Å². The van der Waals surface area contributed by atoms with Gasteiger partial charge >= 0.3 is 7.82 Å². The zero-order chi connectivity index (χ0) is 25.4. The van der Waals surface area contributed by atoms with E-state index in [1.54, 1.807) is 91.0 Å². The van der Waals surface area contributed by atoms with Crippen LogP contribution in [-0.2, 0) is 18.4 Å². The van der Waals surface area contributed by atoms with Crippen LogP contribution in [-0.4, -0.2) is 0 Å². The SMILES string of the molecule is C=Cc1ccc(N(N)OP(=O)(ON(N)c2ccc(C=C)cc2)ON(N)c2ccc(C=C)cc2)cc1. The van der Waals surface area contributed by atoms with Gasteiger partial charge in [0.1, 0.15) is 0 Å². The molecule has 0 fully saturated rings. The van der Waals surface area contributed by atoms with Crippen LogP contribution in [0.3, 0.4) is 0 Å². The highest BCUT2D eigenvalue weighted by atomic mass is 31.2. The van der Waals surface area contributed by atoms with Gasteiger partial charge in [-0.15, -0.1) is 13.9 Å². The maximum atomic E-state index is 13.7. The fourth-order valence-electron chi connectivity index (χ4n) is 2.78. The monoisotopic (exact) mass is 494 g/mol. The molecule has 3 rings (SSSR count). The van der Waals surface area contributed by atoms with Crippen LogP contribution in [0.15, 0.2) is 92.5 Å². The minimum atomic E-state index is -4.60. The molecule has 0 radical (unpaired) electrons. The van der Waals surface area contributed by atoms with Crippen molar-refractivity contribution in [3.8, 4) is 0 Å². The van der Waals surface area contributed by atoms with Crippen LogP contribution in [0.5, 0.6) is 0 Å². The van der Waals surface area contributed by atoms with Crippen LogP contribution in [0.2, 0.25) is 0 Å². The highest BCUT2D eigenvalue weighted by Crippen LogP contribution is 2.52. The van der Waals surface area contributed by atoms with E-state index in [2.05, 4.69) is 19.7 Å². The van der Waals surface area contributed by atoms with Gasteiger partial charge in [0.25, 0.3) is 0 Å². The fourth-order valence-corrected chi connectivity index (χ4v) is 3.80. The van der Waals surface area contributed by atoms with Crippen molar-refractivity contribution in [2.75, 3.05) is 15.5 Å². The van der Waals surface area contributed by atoms with Crippen LogP contribution >= 0.6 is 7.82 Å². The van der Waals surface area contributed by atoms with E-state index in [4.69, 9.17) is 31.4 Å². The molecule has 6 N–H and O–H groups in total. The van der Waals surface area contributed by atoms with Crippen molar-refractivity contribution in [3.63, 3.8) is 0 Å². The van der Waals surface area contributed by atoms with E-state index in [9.17, 15) is 4.57 Å². The quantitative estimate of drug-likeness (QED) is 0.180. The van der Waals surface area contributed by atoms with Gasteiger partial charge in [-0.3, -0.25) is 0 Å². The smallest absolute Gasteiger partial charge is 0.222 e. The van der Waals surface area contributed by atoms with Crippen molar-refractivity contribution < 1.29 is 18.4 Å². The van der Waals surface area contributed by atoms with Crippen LogP contribution in [0.25, 0.3) is 18.2 Å². The molecule has 0 aliphatic heterocycles. The first kappa shape index (κ1) is 25.9. The maximum Gasteiger partial charge on any atom is 0.543 e. The topological polar surface area (TPSA) is 133 Å². The number of rotatable bonds is 12. The predicted octanol–water partition coefficient (Wildman–Crippen LogP) is 4.96. The summed E-state index contributed by atoms with van der Waals surface area (Å²) in [4.78, 5) is 0. The highest BCUT2D eigenvalue weighted by Gasteiger charge is 2.37. The molecule has 11 heteroatoms. The van der Waals surface area contributed by atoms with Gasteiger partial charge in [0.05, 0.1) is 17.1 Å². The second kappa shape index (κ2) is 11.6. The number of phosphoric acid groups is 1. The normalized spacial score (nSPS) is 10.9. The van der Waals surface area contributed by atoms with Crippen molar-refractivity contribution in [2.45, 2.75) is 0 Å². The molecule has 10 nitrogen and oxygen atoms in total. The Hall–Kier alpha value is -3.73. The predicted molar refractivity (Wildman–Crippen MR) is 140 cm³/mol. The molecule has 182 valence electrons. The summed E-state index contributed by atoms with van der Waals surface area (Å²) in [6.45, 7) is 11.1. The van der Waals surface area contributed by atoms with Gasteiger partial charge in [0.2, 0.25) is 0 Å². The molecular formula is C24H27N6O4P. The fraction of sp³-hybridized carbons (Fsp3) is 0. The van der Waals surface area contributed by atoms with Gasteiger partial charge in [-0.2, -0.15) is 15.5 Å². The summed E-state index contributed by atoms with van der Waals surface area (Å²) in [5.41, 5.74) is 3.60. The minimum Gasteiger partial charge on any atom is -0.222 e. The van der Waals surface area contributed by atoms with Gasteiger partial charge < -0.3 is 0 Å². The summed E-state index contributed by atoms with van der Waals surface area (Å²) >= 11 is 0. The Bertz CT molecular complexity index is 1050. The molecule has 3 aromatic rings. The number of nitrogens with two attached hydrogens (primary N) is 3. The molecule has 3 aromatic carbocycles. The second-order valence-electron chi connectivity index (χ2n) is 7.06. The van der Waals surface area contributed by atoms with Crippen molar-refractivity contribution in [3.05, 3.63) is 109 Å². The van der Waals surface area contributed by atoms with Crippen molar-refractivity contribution in [1.82, 2.24) is 0 Å². The molecule has 0 aliphatic rings. The number of hydrazine groups is 3. The van der Waals surface area contributed by atoms with Crippen molar-refractivity contribution >= 4 is 43.1 Å². The number of nitrogens with zero attached hydrogens (tertiary/aromatic N) is 3. The molecule has 0 heterocycles. The second-order valence-corrected chi connectivity index (χ2v) is 8.44. The van der Waals surface area contributed by atoms with Gasteiger partial charge in [-0.05, 0) is 53.1 Å². The Kier molecular flexibility index (Phi) is 8.58. The van der Waals surface area contributed by atoms with Gasteiger partial charge in [-0.1, -0.05) is 74.4 Å². The third kappa shape index (κ3) is 6.89. The van der Waals surface area contributed by atoms with E-state index < -0.39 is 7.82 Å². The number of anilines is 3. The van der Waals surface area contributed by atoms with Crippen LogP contribution in [0, 0.1) is 0 Å². The molecule has 0 saturated carbocycles. The zero-order valence-electron chi connectivity index (χ0n) is 18.9. The third-order valence-corrected chi connectivity index (χ3v) is 5.84. The Labute approximate surface area is 204 Å². The van der Waals surface area contributed by atoms with Crippen LogP contribution in [0.1, 0.15) is 16.7 Å². The summed E-state index contributed by atoms with van der Waals surface area (Å²) in [5, 5.41) is 2.20. The zero-order valence-corrected chi connectivity index (χ0v) is 19.8. The maximum absolute atomic E-state index is 13.7. The molecule has 0 unspecified atom stereocenters. The third-order valence-electron chi connectivity index (χ3n) is 4.71. The molecule has 0 spiro atoms. The first-order valence-electron chi connectivity index (χ1n) is 10.3. The summed E-state index contributed by atoms with van der Waals surface area (Å²) in [6, 6.07) is 20.2. The minimum absolute atomic E-state index is 0.348. The Morgan fingerprint density at radius 2 is 0.771 bits per heavy atom. The lowest BCUT2D eigenvalue weighted by Crippen LogP contribution is -2.38. The molecule has 0 aliphatic carbocycles. The summed E-state index contributed by atoms with van der Waals surface area (Å²) in [6.07, 6.45) is 4.99. The van der Waals surface area contributed by atoms with Gasteiger partial charge in [-0.25, -0.2) is 22.1 Å². The lowest BCUT2D eigenvalue weighted by atomic mass is 10.2. The number of hydrogen-bond acceptors (Lipinski definition) is 10. The standard InChI is InChI=1S/C24H27N6O4P/c1-4-19-7-13-22(14-8-19)28(25)32-35(31,33-29(26)23-15-9-20(5-2)10-16-23)34-30(27)24-17-11-21(6-3)12-18-24/h4-18H,1-3,25-27H2. The average Bonchev–Trinajstić information content (AvgIpc) is 2.88. The van der Waals surface area contributed by atoms with Gasteiger partial charge in [0.15, 0.2) is 0 Å². The Balaban J connectivity index is 1.85. The number of hydrogen-bond donors (Lipinski definition) is 3. The summed E-state index contributed by atoms with van der Waals surface area (Å²) < 4.78 is 29.8. The van der Waals surface area contributed by atoms with E-state index in [1.807, 2.05) is 0 Å². The Morgan fingerprint density at radius 1 is 0.543 bits per heavy atom. The first-order chi connectivity index (χ1) is 16.8. The molecule has 0 saturated heterocycles.